The molecule has 0 spiro atoms. The average molecular weight is 387 g/mol. The van der Waals surface area contributed by atoms with Crippen LogP contribution in [0.1, 0.15) is 22.7 Å². The summed E-state index contributed by atoms with van der Waals surface area (Å²) in [4.78, 5) is 0. The molecule has 1 N–H and O–H groups in total. The summed E-state index contributed by atoms with van der Waals surface area (Å²) in [5.41, 5.74) is -0.225. The van der Waals surface area contributed by atoms with E-state index in [1.807, 2.05) is 0 Å². The number of rotatable bonds is 5. The molecule has 1 heterocycles. The number of morpholine rings is 1. The molecule has 0 aliphatic carbocycles. The summed E-state index contributed by atoms with van der Waals surface area (Å²) < 4.78 is 76.4. The van der Waals surface area contributed by atoms with Crippen molar-refractivity contribution in [1.29, 1.82) is 0 Å². The van der Waals surface area contributed by atoms with E-state index in [1.165, 1.54) is 12.1 Å². The van der Waals surface area contributed by atoms with E-state index in [-0.39, 0.29) is 30.5 Å². The highest BCUT2D eigenvalue weighted by atomic mass is 19.4. The maximum Gasteiger partial charge on any atom is 0.416 e. The van der Waals surface area contributed by atoms with Gasteiger partial charge in [-0.05, 0) is 47.9 Å². The molecule has 2 aromatic rings. The lowest BCUT2D eigenvalue weighted by Crippen LogP contribution is -2.43. The van der Waals surface area contributed by atoms with Gasteiger partial charge in [-0.2, -0.15) is 13.2 Å². The number of benzene rings is 2. The third kappa shape index (κ3) is 5.03. The van der Waals surface area contributed by atoms with E-state index >= 15 is 0 Å². The van der Waals surface area contributed by atoms with E-state index in [0.717, 1.165) is 17.7 Å². The van der Waals surface area contributed by atoms with Crippen LogP contribution < -0.4 is 5.32 Å². The summed E-state index contributed by atoms with van der Waals surface area (Å²) in [5, 5.41) is 3.20. The van der Waals surface area contributed by atoms with Crippen LogP contribution in [0.2, 0.25) is 0 Å². The quantitative estimate of drug-likeness (QED) is 0.779. The number of halogens is 5. The van der Waals surface area contributed by atoms with Crippen LogP contribution in [0.3, 0.4) is 0 Å². The summed E-state index contributed by atoms with van der Waals surface area (Å²) in [7, 11) is 0. The van der Waals surface area contributed by atoms with Crippen molar-refractivity contribution in [2.45, 2.75) is 24.9 Å². The van der Waals surface area contributed by atoms with Gasteiger partial charge in [0.2, 0.25) is 0 Å². The van der Waals surface area contributed by atoms with Crippen LogP contribution in [-0.2, 0) is 22.1 Å². The topological polar surface area (TPSA) is 30.5 Å². The molecule has 27 heavy (non-hydrogen) atoms. The second-order valence-corrected chi connectivity index (χ2v) is 6.15. The van der Waals surface area contributed by atoms with Crippen molar-refractivity contribution in [3.8, 4) is 0 Å². The Hall–Kier alpha value is -2.03. The Kier molecular flexibility index (Phi) is 6.08. The highest BCUT2D eigenvalue weighted by Gasteiger charge is 2.31. The Morgan fingerprint density at radius 2 is 1.81 bits per heavy atom. The smallest absolute Gasteiger partial charge is 0.350 e. The van der Waals surface area contributed by atoms with Gasteiger partial charge in [-0.25, -0.2) is 8.78 Å². The molecule has 0 unspecified atom stereocenters. The minimum Gasteiger partial charge on any atom is -0.350 e. The normalized spacial score (nSPS) is 20.6. The van der Waals surface area contributed by atoms with Gasteiger partial charge in [0.05, 0.1) is 24.8 Å². The third-order valence-corrected chi connectivity index (χ3v) is 4.28. The van der Waals surface area contributed by atoms with E-state index < -0.39 is 23.8 Å². The van der Waals surface area contributed by atoms with Crippen LogP contribution in [0.15, 0.2) is 42.5 Å². The first kappa shape index (κ1) is 19.7. The predicted octanol–water partition coefficient (Wildman–Crippen LogP) is 4.23. The number of hydrogen-bond acceptors (Lipinski definition) is 3. The van der Waals surface area contributed by atoms with Crippen molar-refractivity contribution in [2.24, 2.45) is 0 Å². The number of alkyl halides is 3. The zero-order valence-corrected chi connectivity index (χ0v) is 14.2. The molecular formula is C19H18F5NO2. The van der Waals surface area contributed by atoms with E-state index in [0.29, 0.717) is 19.2 Å². The van der Waals surface area contributed by atoms with Gasteiger partial charge in [-0.1, -0.05) is 12.1 Å². The van der Waals surface area contributed by atoms with E-state index in [9.17, 15) is 22.0 Å². The molecule has 1 saturated heterocycles. The Labute approximate surface area is 153 Å². The molecule has 2 atom stereocenters. The molecule has 0 saturated carbocycles. The Balaban J connectivity index is 1.64. The summed E-state index contributed by atoms with van der Waals surface area (Å²) in [6.07, 6.45) is -5.28. The van der Waals surface area contributed by atoms with Crippen LogP contribution in [0.4, 0.5) is 22.0 Å². The van der Waals surface area contributed by atoms with Gasteiger partial charge in [0.15, 0.2) is 6.29 Å². The van der Waals surface area contributed by atoms with Crippen LogP contribution >= 0.6 is 0 Å². The largest absolute Gasteiger partial charge is 0.416 e. The van der Waals surface area contributed by atoms with Crippen LogP contribution in [0.25, 0.3) is 0 Å². The molecular weight excluding hydrogens is 369 g/mol. The molecule has 1 aliphatic heterocycles. The highest BCUT2D eigenvalue weighted by Crippen LogP contribution is 2.30. The predicted molar refractivity (Wildman–Crippen MR) is 87.9 cm³/mol. The molecule has 0 aromatic heterocycles. The average Bonchev–Trinajstić information content (AvgIpc) is 2.63. The summed E-state index contributed by atoms with van der Waals surface area (Å²) in [6.45, 7) is 0.937. The molecule has 146 valence electrons. The second kappa shape index (κ2) is 8.33. The van der Waals surface area contributed by atoms with Crippen molar-refractivity contribution >= 4 is 0 Å². The van der Waals surface area contributed by atoms with Gasteiger partial charge in [-0.3, -0.25) is 0 Å². The van der Waals surface area contributed by atoms with Crippen molar-refractivity contribution in [2.75, 3.05) is 19.8 Å². The van der Waals surface area contributed by atoms with Gasteiger partial charge in [0.1, 0.15) is 11.6 Å². The minimum absolute atomic E-state index is 0.0255. The Morgan fingerprint density at radius 1 is 1.07 bits per heavy atom. The van der Waals surface area contributed by atoms with Crippen LogP contribution in [0, 0.1) is 11.6 Å². The third-order valence-electron chi connectivity index (χ3n) is 4.28. The first-order valence-electron chi connectivity index (χ1n) is 8.42. The fourth-order valence-electron chi connectivity index (χ4n) is 2.90. The van der Waals surface area contributed by atoms with Gasteiger partial charge in [0, 0.05) is 6.54 Å². The standard InChI is InChI=1S/C19H18F5NO2/c20-15-4-1-12(2-5-15)17-18(27-10-8-25-17)26-9-7-13-11-14(19(22,23)24)3-6-16(13)21/h1-6,11,17-18,25H,7-10H2/t17-,18+/m0/s1. The lowest BCUT2D eigenvalue weighted by atomic mass is 10.1. The van der Waals surface area contributed by atoms with Crippen molar-refractivity contribution < 1.29 is 31.4 Å². The first-order chi connectivity index (χ1) is 12.8. The van der Waals surface area contributed by atoms with Gasteiger partial charge in [0.25, 0.3) is 0 Å². The summed E-state index contributed by atoms with van der Waals surface area (Å²) in [6, 6.07) is 7.79. The molecule has 1 fully saturated rings. The van der Waals surface area contributed by atoms with Crippen molar-refractivity contribution in [1.82, 2.24) is 5.32 Å². The molecule has 8 heteroatoms. The zero-order valence-electron chi connectivity index (χ0n) is 14.2. The summed E-state index contributed by atoms with van der Waals surface area (Å²) >= 11 is 0. The monoisotopic (exact) mass is 387 g/mol. The first-order valence-corrected chi connectivity index (χ1v) is 8.42. The highest BCUT2D eigenvalue weighted by molar-refractivity contribution is 5.27. The fourth-order valence-corrected chi connectivity index (χ4v) is 2.90. The van der Waals surface area contributed by atoms with Crippen molar-refractivity contribution in [3.05, 3.63) is 70.8 Å². The molecule has 2 aromatic carbocycles. The van der Waals surface area contributed by atoms with Crippen LogP contribution in [-0.4, -0.2) is 26.0 Å². The van der Waals surface area contributed by atoms with Crippen LogP contribution in [0.5, 0.6) is 0 Å². The number of nitrogens with one attached hydrogen (secondary N) is 1. The Morgan fingerprint density at radius 3 is 2.52 bits per heavy atom. The van der Waals surface area contributed by atoms with Gasteiger partial charge in [-0.15, -0.1) is 0 Å². The maximum atomic E-state index is 13.8. The van der Waals surface area contributed by atoms with Gasteiger partial charge >= 0.3 is 6.18 Å². The fraction of sp³-hybridized carbons (Fsp3) is 0.368. The number of ether oxygens (including phenoxy) is 2. The molecule has 1 aliphatic rings. The molecule has 0 bridgehead atoms. The summed E-state index contributed by atoms with van der Waals surface area (Å²) in [5.74, 6) is -1.09. The molecule has 3 nitrogen and oxygen atoms in total. The van der Waals surface area contributed by atoms with Crippen molar-refractivity contribution in [3.63, 3.8) is 0 Å². The molecule has 0 amide bonds. The minimum atomic E-state index is -4.53. The maximum absolute atomic E-state index is 13.8. The lowest BCUT2D eigenvalue weighted by Gasteiger charge is -2.33. The van der Waals surface area contributed by atoms with E-state index in [1.54, 1.807) is 12.1 Å². The zero-order chi connectivity index (χ0) is 19.4. The molecule has 0 radical (unpaired) electrons. The van der Waals surface area contributed by atoms with E-state index in [2.05, 4.69) is 5.32 Å². The number of hydrogen-bond donors (Lipinski definition) is 1. The SMILES string of the molecule is Fc1ccc([C@@H]2NCCO[C@H]2OCCc2cc(C(F)(F)F)ccc2F)cc1. The lowest BCUT2D eigenvalue weighted by molar-refractivity contribution is -0.177. The second-order valence-electron chi connectivity index (χ2n) is 6.15. The van der Waals surface area contributed by atoms with Gasteiger partial charge < -0.3 is 14.8 Å². The molecule has 3 rings (SSSR count). The Bertz CT molecular complexity index is 764. The van der Waals surface area contributed by atoms with E-state index in [4.69, 9.17) is 9.47 Å².